The number of nitrogens with zero attached hydrogens (tertiary/aromatic N) is 1. The SMILES string of the molecule is O=C(NCCNC(=O)C1CCCCC1)c1ccc(S(=O)(=O)Nc2ccncc2)cc1. The van der Waals surface area contributed by atoms with Crippen LogP contribution in [0, 0.1) is 5.92 Å². The molecule has 1 aromatic heterocycles. The Morgan fingerprint density at radius 3 is 2.20 bits per heavy atom. The third-order valence-electron chi connectivity index (χ3n) is 5.05. The van der Waals surface area contributed by atoms with Crippen molar-refractivity contribution in [3.63, 3.8) is 0 Å². The average Bonchev–Trinajstić information content (AvgIpc) is 2.77. The number of hydrogen-bond acceptors (Lipinski definition) is 5. The van der Waals surface area contributed by atoms with E-state index in [1.165, 1.54) is 43.1 Å². The molecule has 0 radical (unpaired) electrons. The Kier molecular flexibility index (Phi) is 7.40. The zero-order valence-corrected chi connectivity index (χ0v) is 17.5. The first-order valence-electron chi connectivity index (χ1n) is 10.0. The van der Waals surface area contributed by atoms with Gasteiger partial charge in [-0.1, -0.05) is 19.3 Å². The Morgan fingerprint density at radius 2 is 1.53 bits per heavy atom. The normalized spacial score (nSPS) is 14.7. The number of carbonyl (C=O) groups excluding carboxylic acids is 2. The van der Waals surface area contributed by atoms with Gasteiger partial charge in [-0.25, -0.2) is 8.42 Å². The van der Waals surface area contributed by atoms with Crippen LogP contribution in [0.5, 0.6) is 0 Å². The molecule has 1 heterocycles. The van der Waals surface area contributed by atoms with Crippen molar-refractivity contribution in [2.75, 3.05) is 17.8 Å². The maximum absolute atomic E-state index is 12.4. The number of anilines is 1. The van der Waals surface area contributed by atoms with Gasteiger partial charge in [0.05, 0.1) is 10.6 Å². The molecule has 0 spiro atoms. The van der Waals surface area contributed by atoms with E-state index in [-0.39, 0.29) is 22.6 Å². The van der Waals surface area contributed by atoms with E-state index in [2.05, 4.69) is 20.3 Å². The molecule has 2 amide bonds. The molecule has 1 aliphatic rings. The number of aromatic nitrogens is 1. The van der Waals surface area contributed by atoms with Gasteiger partial charge < -0.3 is 10.6 Å². The highest BCUT2D eigenvalue weighted by Crippen LogP contribution is 2.23. The molecule has 0 unspecified atom stereocenters. The zero-order valence-electron chi connectivity index (χ0n) is 16.6. The molecule has 30 heavy (non-hydrogen) atoms. The van der Waals surface area contributed by atoms with Gasteiger partial charge in [-0.2, -0.15) is 0 Å². The summed E-state index contributed by atoms with van der Waals surface area (Å²) in [7, 11) is -3.75. The lowest BCUT2D eigenvalue weighted by atomic mass is 9.89. The number of pyridine rings is 1. The monoisotopic (exact) mass is 430 g/mol. The highest BCUT2D eigenvalue weighted by molar-refractivity contribution is 7.92. The molecule has 0 saturated heterocycles. The van der Waals surface area contributed by atoms with Gasteiger partial charge in [0.25, 0.3) is 15.9 Å². The molecular formula is C21H26N4O4S. The van der Waals surface area contributed by atoms with Crippen molar-refractivity contribution in [2.24, 2.45) is 5.92 Å². The predicted molar refractivity (Wildman–Crippen MR) is 113 cm³/mol. The van der Waals surface area contributed by atoms with Gasteiger partial charge in [-0.05, 0) is 49.2 Å². The van der Waals surface area contributed by atoms with Gasteiger partial charge in [-0.3, -0.25) is 19.3 Å². The van der Waals surface area contributed by atoms with Gasteiger partial charge in [0.1, 0.15) is 0 Å². The Morgan fingerprint density at radius 1 is 0.900 bits per heavy atom. The number of sulfonamides is 1. The molecule has 2 aromatic rings. The van der Waals surface area contributed by atoms with Crippen LogP contribution in [0.2, 0.25) is 0 Å². The van der Waals surface area contributed by atoms with Crippen molar-refractivity contribution >= 4 is 27.5 Å². The summed E-state index contributed by atoms with van der Waals surface area (Å²) >= 11 is 0. The summed E-state index contributed by atoms with van der Waals surface area (Å²) in [6.07, 6.45) is 8.23. The minimum atomic E-state index is -3.75. The van der Waals surface area contributed by atoms with Crippen molar-refractivity contribution in [3.8, 4) is 0 Å². The van der Waals surface area contributed by atoms with Crippen LogP contribution >= 0.6 is 0 Å². The lowest BCUT2D eigenvalue weighted by molar-refractivity contribution is -0.125. The maximum atomic E-state index is 12.4. The van der Waals surface area contributed by atoms with Gasteiger partial charge in [0.15, 0.2) is 0 Å². The molecular weight excluding hydrogens is 404 g/mol. The Balaban J connectivity index is 1.47. The first kappa shape index (κ1) is 21.8. The van der Waals surface area contributed by atoms with Gasteiger partial charge >= 0.3 is 0 Å². The van der Waals surface area contributed by atoms with Crippen LogP contribution in [0.4, 0.5) is 5.69 Å². The van der Waals surface area contributed by atoms with E-state index in [1.54, 1.807) is 12.1 Å². The lowest BCUT2D eigenvalue weighted by Gasteiger charge is -2.20. The third kappa shape index (κ3) is 6.03. The van der Waals surface area contributed by atoms with Crippen LogP contribution in [-0.2, 0) is 14.8 Å². The van der Waals surface area contributed by atoms with Gasteiger partial charge in [0, 0.05) is 37.0 Å². The Hall–Kier alpha value is -2.94. The van der Waals surface area contributed by atoms with Gasteiger partial charge in [-0.15, -0.1) is 0 Å². The minimum absolute atomic E-state index is 0.0515. The number of rotatable bonds is 8. The second-order valence-corrected chi connectivity index (χ2v) is 8.93. The van der Waals surface area contributed by atoms with Crippen molar-refractivity contribution in [1.29, 1.82) is 0 Å². The molecule has 3 N–H and O–H groups in total. The minimum Gasteiger partial charge on any atom is -0.354 e. The molecule has 160 valence electrons. The molecule has 3 rings (SSSR count). The van der Waals surface area contributed by atoms with Crippen LogP contribution in [0.3, 0.4) is 0 Å². The summed E-state index contributed by atoms with van der Waals surface area (Å²) < 4.78 is 27.3. The fraction of sp³-hybridized carbons (Fsp3) is 0.381. The first-order valence-corrected chi connectivity index (χ1v) is 11.5. The predicted octanol–water partition coefficient (Wildman–Crippen LogP) is 2.31. The molecule has 0 atom stereocenters. The maximum Gasteiger partial charge on any atom is 0.261 e. The molecule has 1 aromatic carbocycles. The number of nitrogens with one attached hydrogen (secondary N) is 3. The van der Waals surface area contributed by atoms with Crippen molar-refractivity contribution in [3.05, 3.63) is 54.4 Å². The summed E-state index contributed by atoms with van der Waals surface area (Å²) in [5.41, 5.74) is 0.749. The molecule has 1 fully saturated rings. The highest BCUT2D eigenvalue weighted by atomic mass is 32.2. The third-order valence-corrected chi connectivity index (χ3v) is 6.44. The van der Waals surface area contributed by atoms with Crippen molar-refractivity contribution < 1.29 is 18.0 Å². The summed E-state index contributed by atoms with van der Waals surface area (Å²) in [5, 5.41) is 5.60. The molecule has 0 bridgehead atoms. The van der Waals surface area contributed by atoms with Crippen LogP contribution in [0.1, 0.15) is 42.5 Å². The van der Waals surface area contributed by atoms with Crippen molar-refractivity contribution in [2.45, 2.75) is 37.0 Å². The molecule has 9 heteroatoms. The summed E-state index contributed by atoms with van der Waals surface area (Å²) in [6, 6.07) is 8.76. The smallest absolute Gasteiger partial charge is 0.261 e. The second-order valence-electron chi connectivity index (χ2n) is 7.25. The van der Waals surface area contributed by atoms with E-state index < -0.39 is 10.0 Å². The Bertz CT molecular complexity index is 956. The molecule has 8 nitrogen and oxygen atoms in total. The first-order chi connectivity index (χ1) is 14.5. The number of amides is 2. The van der Waals surface area contributed by atoms with E-state index in [0.717, 1.165) is 25.7 Å². The van der Waals surface area contributed by atoms with Crippen LogP contribution in [0.15, 0.2) is 53.7 Å². The standard InChI is InChI=1S/C21H26N4O4S/c26-20(16-4-2-1-3-5-16)23-14-15-24-21(27)17-6-8-19(9-7-17)30(28,29)25-18-10-12-22-13-11-18/h6-13,16H,1-5,14-15H2,(H,22,25)(H,23,26)(H,24,27). The fourth-order valence-corrected chi connectivity index (χ4v) is 4.45. The molecule has 1 aliphatic carbocycles. The topological polar surface area (TPSA) is 117 Å². The van der Waals surface area contributed by atoms with E-state index >= 15 is 0 Å². The zero-order chi connectivity index (χ0) is 21.4. The molecule has 0 aliphatic heterocycles. The van der Waals surface area contributed by atoms with E-state index in [4.69, 9.17) is 0 Å². The molecule has 1 saturated carbocycles. The number of benzene rings is 1. The fourth-order valence-electron chi connectivity index (χ4n) is 3.39. The van der Waals surface area contributed by atoms with Crippen LogP contribution in [0.25, 0.3) is 0 Å². The van der Waals surface area contributed by atoms with Crippen LogP contribution in [-0.4, -0.2) is 38.3 Å². The van der Waals surface area contributed by atoms with E-state index in [1.807, 2.05) is 0 Å². The van der Waals surface area contributed by atoms with Crippen molar-refractivity contribution in [1.82, 2.24) is 15.6 Å². The number of hydrogen-bond donors (Lipinski definition) is 3. The average molecular weight is 431 g/mol. The highest BCUT2D eigenvalue weighted by Gasteiger charge is 2.20. The van der Waals surface area contributed by atoms with Crippen LogP contribution < -0.4 is 15.4 Å². The quantitative estimate of drug-likeness (QED) is 0.556. The van der Waals surface area contributed by atoms with E-state index in [9.17, 15) is 18.0 Å². The summed E-state index contributed by atoms with van der Waals surface area (Å²) in [6.45, 7) is 0.671. The van der Waals surface area contributed by atoms with Gasteiger partial charge in [0.2, 0.25) is 5.91 Å². The largest absolute Gasteiger partial charge is 0.354 e. The Labute approximate surface area is 176 Å². The second kappa shape index (κ2) is 10.2. The summed E-state index contributed by atoms with van der Waals surface area (Å²) in [4.78, 5) is 28.2. The summed E-state index contributed by atoms with van der Waals surface area (Å²) in [5.74, 6) is -0.183. The number of carbonyl (C=O) groups is 2. The van der Waals surface area contributed by atoms with E-state index in [0.29, 0.717) is 24.3 Å². The lowest BCUT2D eigenvalue weighted by Crippen LogP contribution is -2.38.